The largest absolute Gasteiger partial charge is 0.465 e. The number of rotatable bonds is 2. The molecule has 0 spiro atoms. The number of esters is 1. The predicted molar refractivity (Wildman–Crippen MR) is 71.9 cm³/mol. The molecule has 1 N–H and O–H groups in total. The highest BCUT2D eigenvalue weighted by molar-refractivity contribution is 6.09. The average molecular weight is 255 g/mol. The molecule has 3 rings (SSSR count). The molecule has 0 amide bonds. The summed E-state index contributed by atoms with van der Waals surface area (Å²) >= 11 is 0. The number of hydrogen-bond donors (Lipinski definition) is 1. The van der Waals surface area contributed by atoms with E-state index in [2.05, 4.69) is 4.98 Å². The lowest BCUT2D eigenvalue weighted by Crippen LogP contribution is -2.02. The van der Waals surface area contributed by atoms with Gasteiger partial charge in [0.15, 0.2) is 5.78 Å². The van der Waals surface area contributed by atoms with Gasteiger partial charge in [0.1, 0.15) is 0 Å². The number of benzene rings is 1. The number of hydrogen-bond acceptors (Lipinski definition) is 3. The van der Waals surface area contributed by atoms with E-state index in [-0.39, 0.29) is 11.8 Å². The van der Waals surface area contributed by atoms with Crippen LogP contribution in [0.4, 0.5) is 0 Å². The van der Waals surface area contributed by atoms with E-state index >= 15 is 0 Å². The first-order valence-electron chi connectivity index (χ1n) is 6.13. The van der Waals surface area contributed by atoms with Gasteiger partial charge in [0.05, 0.1) is 18.2 Å². The Morgan fingerprint density at radius 3 is 2.79 bits per heavy atom. The number of allylic oxidation sites excluding steroid dienone is 2. The number of fused-ring (bicyclic) bond motifs is 1. The second-order valence-corrected chi connectivity index (χ2v) is 4.55. The molecular formula is C15H13NO3. The summed E-state index contributed by atoms with van der Waals surface area (Å²) in [5.74, 6) is -0.203. The first-order valence-corrected chi connectivity index (χ1v) is 6.13. The van der Waals surface area contributed by atoms with Crippen LogP contribution in [0.3, 0.4) is 0 Å². The molecule has 1 aromatic heterocycles. The lowest BCUT2D eigenvalue weighted by Gasteiger charge is -2.07. The SMILES string of the molecule is COC(=O)c1ccc(C2=CC(=O)CC2)c2cc[nH]c12. The number of methoxy groups -OCH3 is 1. The molecule has 0 atom stereocenters. The van der Waals surface area contributed by atoms with Gasteiger partial charge in [0.2, 0.25) is 0 Å². The minimum Gasteiger partial charge on any atom is -0.465 e. The third-order valence-electron chi connectivity index (χ3n) is 3.45. The van der Waals surface area contributed by atoms with Crippen LogP contribution >= 0.6 is 0 Å². The third kappa shape index (κ3) is 1.85. The second kappa shape index (κ2) is 4.39. The fraction of sp³-hybridized carbons (Fsp3) is 0.200. The van der Waals surface area contributed by atoms with Gasteiger partial charge in [-0.15, -0.1) is 0 Å². The lowest BCUT2D eigenvalue weighted by molar-refractivity contribution is -0.114. The molecule has 0 saturated heterocycles. The summed E-state index contributed by atoms with van der Waals surface area (Å²) in [6.45, 7) is 0. The van der Waals surface area contributed by atoms with Gasteiger partial charge in [-0.2, -0.15) is 0 Å². The van der Waals surface area contributed by atoms with Crippen LogP contribution in [0.15, 0.2) is 30.5 Å². The Morgan fingerprint density at radius 2 is 2.11 bits per heavy atom. The van der Waals surface area contributed by atoms with Crippen molar-refractivity contribution in [3.05, 3.63) is 41.6 Å². The van der Waals surface area contributed by atoms with Crippen molar-refractivity contribution in [2.24, 2.45) is 0 Å². The predicted octanol–water partition coefficient (Wildman–Crippen LogP) is 2.70. The first-order chi connectivity index (χ1) is 9.20. The standard InChI is InChI=1S/C15H13NO3/c1-19-15(18)13-5-4-11(9-2-3-10(17)8-9)12-6-7-16-14(12)13/h4-8,16H,2-3H2,1H3. The van der Waals surface area contributed by atoms with Gasteiger partial charge in [-0.05, 0) is 35.8 Å². The molecule has 0 unspecified atom stereocenters. The molecule has 1 aliphatic rings. The van der Waals surface area contributed by atoms with Crippen molar-refractivity contribution in [2.45, 2.75) is 12.8 Å². The van der Waals surface area contributed by atoms with Crippen LogP contribution in [-0.2, 0) is 9.53 Å². The average Bonchev–Trinajstić information content (AvgIpc) is 3.05. The summed E-state index contributed by atoms with van der Waals surface area (Å²) in [5.41, 5.74) is 3.31. The molecule has 2 aromatic rings. The molecule has 1 aliphatic carbocycles. The summed E-state index contributed by atoms with van der Waals surface area (Å²) in [6, 6.07) is 5.54. The van der Waals surface area contributed by atoms with Crippen LogP contribution in [0, 0.1) is 0 Å². The third-order valence-corrected chi connectivity index (χ3v) is 3.45. The quantitative estimate of drug-likeness (QED) is 0.839. The molecule has 19 heavy (non-hydrogen) atoms. The van der Waals surface area contributed by atoms with Gasteiger partial charge in [-0.25, -0.2) is 4.79 Å². The zero-order chi connectivity index (χ0) is 13.4. The molecule has 1 heterocycles. The van der Waals surface area contributed by atoms with Crippen LogP contribution in [0.25, 0.3) is 16.5 Å². The Bertz CT molecular complexity index is 709. The number of carbonyl (C=O) groups excluding carboxylic acids is 2. The van der Waals surface area contributed by atoms with Crippen LogP contribution in [0.5, 0.6) is 0 Å². The second-order valence-electron chi connectivity index (χ2n) is 4.55. The zero-order valence-corrected chi connectivity index (χ0v) is 10.5. The van der Waals surface area contributed by atoms with Gasteiger partial charge in [-0.3, -0.25) is 4.79 Å². The van der Waals surface area contributed by atoms with Crippen molar-refractivity contribution in [1.82, 2.24) is 4.98 Å². The number of ketones is 1. The van der Waals surface area contributed by atoms with Gasteiger partial charge in [-0.1, -0.05) is 6.07 Å². The summed E-state index contributed by atoms with van der Waals surface area (Å²) in [4.78, 5) is 26.1. The van der Waals surface area contributed by atoms with Gasteiger partial charge < -0.3 is 9.72 Å². The summed E-state index contributed by atoms with van der Waals surface area (Å²) in [5, 5.41) is 0.948. The van der Waals surface area contributed by atoms with Crippen LogP contribution in [0.2, 0.25) is 0 Å². The molecule has 0 radical (unpaired) electrons. The Balaban J connectivity index is 2.19. The van der Waals surface area contributed by atoms with E-state index in [4.69, 9.17) is 4.74 Å². The highest BCUT2D eigenvalue weighted by Crippen LogP contribution is 2.32. The minimum atomic E-state index is -0.365. The summed E-state index contributed by atoms with van der Waals surface area (Å²) in [7, 11) is 1.36. The maximum atomic E-state index is 11.7. The monoisotopic (exact) mass is 255 g/mol. The van der Waals surface area contributed by atoms with Crippen molar-refractivity contribution in [3.63, 3.8) is 0 Å². The van der Waals surface area contributed by atoms with Crippen LogP contribution < -0.4 is 0 Å². The molecule has 0 saturated carbocycles. The Hall–Kier alpha value is -2.36. The smallest absolute Gasteiger partial charge is 0.339 e. The molecular weight excluding hydrogens is 242 g/mol. The fourth-order valence-electron chi connectivity index (χ4n) is 2.53. The van der Waals surface area contributed by atoms with Crippen LogP contribution in [0.1, 0.15) is 28.8 Å². The Labute approximate surface area is 110 Å². The normalized spacial score (nSPS) is 14.8. The molecule has 96 valence electrons. The first kappa shape index (κ1) is 11.7. The van der Waals surface area contributed by atoms with Gasteiger partial charge >= 0.3 is 5.97 Å². The molecule has 0 fully saturated rings. The van der Waals surface area contributed by atoms with E-state index in [1.165, 1.54) is 7.11 Å². The van der Waals surface area contributed by atoms with Crippen molar-refractivity contribution in [1.29, 1.82) is 0 Å². The zero-order valence-electron chi connectivity index (χ0n) is 10.5. The Kier molecular flexibility index (Phi) is 2.71. The number of aromatic amines is 1. The number of H-pyrrole nitrogens is 1. The topological polar surface area (TPSA) is 59.2 Å². The maximum absolute atomic E-state index is 11.7. The molecule has 0 aliphatic heterocycles. The maximum Gasteiger partial charge on any atom is 0.339 e. The highest BCUT2D eigenvalue weighted by Gasteiger charge is 2.19. The number of aromatic nitrogens is 1. The fourth-order valence-corrected chi connectivity index (χ4v) is 2.53. The molecule has 0 bridgehead atoms. The van der Waals surface area contributed by atoms with E-state index in [1.54, 1.807) is 18.3 Å². The van der Waals surface area contributed by atoms with Crippen molar-refractivity contribution >= 4 is 28.2 Å². The van der Waals surface area contributed by atoms with E-state index in [0.717, 1.165) is 28.5 Å². The Morgan fingerprint density at radius 1 is 1.26 bits per heavy atom. The number of nitrogens with one attached hydrogen (secondary N) is 1. The molecule has 1 aromatic carbocycles. The van der Waals surface area contributed by atoms with Crippen molar-refractivity contribution < 1.29 is 14.3 Å². The van der Waals surface area contributed by atoms with Gasteiger partial charge in [0.25, 0.3) is 0 Å². The number of ether oxygens (including phenoxy) is 1. The van der Waals surface area contributed by atoms with E-state index in [1.807, 2.05) is 12.1 Å². The number of carbonyl (C=O) groups is 2. The molecule has 4 heteroatoms. The van der Waals surface area contributed by atoms with E-state index in [9.17, 15) is 9.59 Å². The highest BCUT2D eigenvalue weighted by atomic mass is 16.5. The van der Waals surface area contributed by atoms with Crippen molar-refractivity contribution in [3.8, 4) is 0 Å². The van der Waals surface area contributed by atoms with Crippen LogP contribution in [-0.4, -0.2) is 23.8 Å². The summed E-state index contributed by atoms with van der Waals surface area (Å²) in [6.07, 6.45) is 4.81. The molecule has 4 nitrogen and oxygen atoms in total. The minimum absolute atomic E-state index is 0.163. The van der Waals surface area contributed by atoms with Crippen molar-refractivity contribution in [2.75, 3.05) is 7.11 Å². The lowest BCUT2D eigenvalue weighted by atomic mass is 9.99. The summed E-state index contributed by atoms with van der Waals surface area (Å²) < 4.78 is 4.77. The van der Waals surface area contributed by atoms with E-state index < -0.39 is 0 Å². The van der Waals surface area contributed by atoms with E-state index in [0.29, 0.717) is 12.0 Å². The van der Waals surface area contributed by atoms with Gasteiger partial charge in [0, 0.05) is 18.0 Å².